The van der Waals surface area contributed by atoms with Crippen LogP contribution in [-0.4, -0.2) is 36.5 Å². The molecule has 1 atom stereocenters. The van der Waals surface area contributed by atoms with Gasteiger partial charge in [-0.05, 0) is 38.1 Å². The molecule has 1 aliphatic carbocycles. The summed E-state index contributed by atoms with van der Waals surface area (Å²) in [5.41, 5.74) is 0. The highest BCUT2D eigenvalue weighted by atomic mass is 35.5. The number of hydrogen-bond acceptors (Lipinski definition) is 2. The van der Waals surface area contributed by atoms with Crippen molar-refractivity contribution in [3.63, 3.8) is 0 Å². The molecule has 1 heterocycles. The van der Waals surface area contributed by atoms with Crippen LogP contribution in [-0.2, 0) is 4.79 Å². The van der Waals surface area contributed by atoms with Crippen LogP contribution >= 0.6 is 12.4 Å². The molecule has 1 saturated carbocycles. The van der Waals surface area contributed by atoms with Crippen molar-refractivity contribution in [1.82, 2.24) is 10.2 Å². The highest BCUT2D eigenvalue weighted by molar-refractivity contribution is 5.85. The minimum Gasteiger partial charge on any atom is -0.339 e. The Labute approximate surface area is 123 Å². The molecule has 0 bridgehead atoms. The third-order valence-electron chi connectivity index (χ3n) is 4.26. The zero-order chi connectivity index (χ0) is 13.0. The highest BCUT2D eigenvalue weighted by Crippen LogP contribution is 2.26. The summed E-state index contributed by atoms with van der Waals surface area (Å²) in [5.74, 6) is 1.23. The fourth-order valence-corrected chi connectivity index (χ4v) is 3.33. The lowest BCUT2D eigenvalue weighted by atomic mass is 9.96. The Morgan fingerprint density at radius 3 is 2.42 bits per heavy atom. The maximum Gasteiger partial charge on any atom is 0.227 e. The number of rotatable bonds is 4. The highest BCUT2D eigenvalue weighted by Gasteiger charge is 2.32. The molecule has 0 spiro atoms. The number of nitrogens with one attached hydrogen (secondary N) is 1. The number of halogens is 1. The van der Waals surface area contributed by atoms with Gasteiger partial charge in [0, 0.05) is 19.1 Å². The topological polar surface area (TPSA) is 32.3 Å². The fraction of sp³-hybridized carbons (Fsp3) is 0.933. The van der Waals surface area contributed by atoms with Crippen LogP contribution in [0.2, 0.25) is 0 Å². The summed E-state index contributed by atoms with van der Waals surface area (Å²) < 4.78 is 0. The van der Waals surface area contributed by atoms with Crippen LogP contribution in [0.5, 0.6) is 0 Å². The Morgan fingerprint density at radius 2 is 1.89 bits per heavy atom. The van der Waals surface area contributed by atoms with Gasteiger partial charge >= 0.3 is 0 Å². The van der Waals surface area contributed by atoms with E-state index in [4.69, 9.17) is 0 Å². The lowest BCUT2D eigenvalue weighted by Gasteiger charge is -2.35. The van der Waals surface area contributed by atoms with Crippen LogP contribution in [0, 0.1) is 11.8 Å². The summed E-state index contributed by atoms with van der Waals surface area (Å²) in [7, 11) is 0. The summed E-state index contributed by atoms with van der Waals surface area (Å²) in [5, 5.41) is 3.37. The maximum absolute atomic E-state index is 12.7. The lowest BCUT2D eigenvalue weighted by molar-refractivity contribution is -0.139. The molecule has 4 heteroatoms. The zero-order valence-electron chi connectivity index (χ0n) is 12.4. The summed E-state index contributed by atoms with van der Waals surface area (Å²) in [6.45, 7) is 7.35. The molecule has 1 aliphatic heterocycles. The fourth-order valence-electron chi connectivity index (χ4n) is 3.33. The second kappa shape index (κ2) is 8.11. The van der Waals surface area contributed by atoms with E-state index < -0.39 is 0 Å². The van der Waals surface area contributed by atoms with Crippen molar-refractivity contribution in [2.75, 3.05) is 19.6 Å². The van der Waals surface area contributed by atoms with Crippen molar-refractivity contribution >= 4 is 18.3 Å². The number of hydrogen-bond donors (Lipinski definition) is 1. The van der Waals surface area contributed by atoms with Crippen LogP contribution in [0.15, 0.2) is 0 Å². The maximum atomic E-state index is 12.7. The molecule has 1 amide bonds. The van der Waals surface area contributed by atoms with Crippen molar-refractivity contribution in [2.24, 2.45) is 11.8 Å². The summed E-state index contributed by atoms with van der Waals surface area (Å²) in [6.07, 6.45) is 7.27. The molecule has 2 rings (SSSR count). The molecule has 0 aromatic carbocycles. The van der Waals surface area contributed by atoms with E-state index in [1.54, 1.807) is 0 Å². The van der Waals surface area contributed by atoms with Gasteiger partial charge in [-0.15, -0.1) is 12.4 Å². The predicted molar refractivity (Wildman–Crippen MR) is 81.6 cm³/mol. The van der Waals surface area contributed by atoms with E-state index in [1.165, 1.54) is 25.7 Å². The number of carbonyl (C=O) groups excluding carboxylic acids is 1. The monoisotopic (exact) mass is 288 g/mol. The first-order valence-corrected chi connectivity index (χ1v) is 7.69. The van der Waals surface area contributed by atoms with Gasteiger partial charge in [-0.1, -0.05) is 26.7 Å². The Hall–Kier alpha value is -0.280. The molecule has 0 radical (unpaired) electrons. The average molecular weight is 289 g/mol. The Bertz CT molecular complexity index is 271. The number of nitrogens with zero attached hydrogens (tertiary/aromatic N) is 1. The molecule has 1 saturated heterocycles. The van der Waals surface area contributed by atoms with E-state index in [0.29, 0.717) is 17.9 Å². The van der Waals surface area contributed by atoms with Crippen LogP contribution < -0.4 is 5.32 Å². The quantitative estimate of drug-likeness (QED) is 0.863. The third kappa shape index (κ3) is 4.64. The molecule has 0 aromatic rings. The standard InChI is InChI=1S/C15H28N2O.ClH/c1-12(2)11-17(14-7-3-4-8-14)15(18)13-6-5-9-16-10-13;/h12-14,16H,3-11H2,1-2H3;1H/t13-;/m1./s1. The van der Waals surface area contributed by atoms with Crippen molar-refractivity contribution in [3.8, 4) is 0 Å². The second-order valence-corrected chi connectivity index (χ2v) is 6.37. The molecule has 3 nitrogen and oxygen atoms in total. The molecular weight excluding hydrogens is 260 g/mol. The predicted octanol–water partition coefficient (Wildman–Crippen LogP) is 2.84. The van der Waals surface area contributed by atoms with E-state index in [-0.39, 0.29) is 18.3 Å². The number of amides is 1. The van der Waals surface area contributed by atoms with E-state index in [1.807, 2.05) is 0 Å². The molecule has 0 aromatic heterocycles. The van der Waals surface area contributed by atoms with Crippen molar-refractivity contribution in [3.05, 3.63) is 0 Å². The molecule has 2 fully saturated rings. The second-order valence-electron chi connectivity index (χ2n) is 6.37. The summed E-state index contributed by atoms with van der Waals surface area (Å²) >= 11 is 0. The first-order valence-electron chi connectivity index (χ1n) is 7.69. The summed E-state index contributed by atoms with van der Waals surface area (Å²) in [6, 6.07) is 0.529. The van der Waals surface area contributed by atoms with Crippen molar-refractivity contribution in [1.29, 1.82) is 0 Å². The van der Waals surface area contributed by atoms with Crippen LogP contribution in [0.3, 0.4) is 0 Å². The average Bonchev–Trinajstić information content (AvgIpc) is 2.89. The van der Waals surface area contributed by atoms with Gasteiger partial charge in [0.2, 0.25) is 5.91 Å². The van der Waals surface area contributed by atoms with E-state index in [0.717, 1.165) is 32.5 Å². The molecule has 112 valence electrons. The minimum atomic E-state index is 0. The normalized spacial score (nSPS) is 24.3. The van der Waals surface area contributed by atoms with Crippen LogP contribution in [0.1, 0.15) is 52.4 Å². The molecule has 19 heavy (non-hydrogen) atoms. The van der Waals surface area contributed by atoms with E-state index in [2.05, 4.69) is 24.1 Å². The van der Waals surface area contributed by atoms with Gasteiger partial charge in [0.25, 0.3) is 0 Å². The minimum absolute atomic E-state index is 0. The van der Waals surface area contributed by atoms with Crippen molar-refractivity contribution < 1.29 is 4.79 Å². The largest absolute Gasteiger partial charge is 0.339 e. The van der Waals surface area contributed by atoms with Gasteiger partial charge in [0.1, 0.15) is 0 Å². The molecule has 1 N–H and O–H groups in total. The van der Waals surface area contributed by atoms with Gasteiger partial charge in [-0.2, -0.15) is 0 Å². The smallest absolute Gasteiger partial charge is 0.227 e. The first-order chi connectivity index (χ1) is 8.68. The van der Waals surface area contributed by atoms with E-state index >= 15 is 0 Å². The molecule has 0 unspecified atom stereocenters. The van der Waals surface area contributed by atoms with Gasteiger partial charge in [-0.25, -0.2) is 0 Å². The Kier molecular flexibility index (Phi) is 7.16. The lowest BCUT2D eigenvalue weighted by Crippen LogP contribution is -2.48. The van der Waals surface area contributed by atoms with Crippen molar-refractivity contribution in [2.45, 2.75) is 58.4 Å². The van der Waals surface area contributed by atoms with Crippen LogP contribution in [0.25, 0.3) is 0 Å². The number of piperidine rings is 1. The van der Waals surface area contributed by atoms with Gasteiger partial charge < -0.3 is 10.2 Å². The first kappa shape index (κ1) is 16.8. The van der Waals surface area contributed by atoms with Gasteiger partial charge in [0.05, 0.1) is 5.92 Å². The third-order valence-corrected chi connectivity index (χ3v) is 4.26. The van der Waals surface area contributed by atoms with Gasteiger partial charge in [-0.3, -0.25) is 4.79 Å². The number of carbonyl (C=O) groups is 1. The summed E-state index contributed by atoms with van der Waals surface area (Å²) in [4.78, 5) is 14.9. The van der Waals surface area contributed by atoms with E-state index in [9.17, 15) is 4.79 Å². The molecular formula is C15H29ClN2O. The molecule has 2 aliphatic rings. The van der Waals surface area contributed by atoms with Crippen LogP contribution in [0.4, 0.5) is 0 Å². The Morgan fingerprint density at radius 1 is 1.21 bits per heavy atom. The van der Waals surface area contributed by atoms with Gasteiger partial charge in [0.15, 0.2) is 0 Å². The zero-order valence-corrected chi connectivity index (χ0v) is 13.2. The SMILES string of the molecule is CC(C)CN(C(=O)[C@@H]1CCCNC1)C1CCCC1.Cl. The Balaban J connectivity index is 0.00000180.